The molecule has 4 aromatic rings. The van der Waals surface area contributed by atoms with Gasteiger partial charge in [0, 0.05) is 23.0 Å². The van der Waals surface area contributed by atoms with Gasteiger partial charge in [0.25, 0.3) is 5.91 Å². The fraction of sp³-hybridized carbons (Fsp3) is 0.133. The van der Waals surface area contributed by atoms with Crippen LogP contribution >= 0.6 is 23.4 Å². The summed E-state index contributed by atoms with van der Waals surface area (Å²) in [5.74, 6) is -0.0484. The highest BCUT2D eigenvalue weighted by Crippen LogP contribution is 2.26. The Hall–Kier alpha value is -3.54. The molecule has 4 rings (SSSR count). The Labute approximate surface area is 221 Å². The molecule has 4 nitrogen and oxygen atoms in total. The van der Waals surface area contributed by atoms with Gasteiger partial charge in [-0.3, -0.25) is 4.79 Å². The number of benzene rings is 4. The number of nitrogens with zero attached hydrogens (tertiary/aromatic N) is 2. The number of hydrogen-bond donors (Lipinski definition) is 1. The summed E-state index contributed by atoms with van der Waals surface area (Å²) in [7, 11) is 0. The Kier molecular flexibility index (Phi) is 8.82. The average Bonchev–Trinajstić information content (AvgIpc) is 2.88. The zero-order valence-electron chi connectivity index (χ0n) is 20.0. The number of aliphatic imine (C=N–C) groups is 1. The van der Waals surface area contributed by atoms with E-state index in [0.717, 1.165) is 27.1 Å². The normalized spacial score (nSPS) is 11.3. The highest BCUT2D eigenvalue weighted by atomic mass is 35.5. The van der Waals surface area contributed by atoms with Crippen molar-refractivity contribution in [1.82, 2.24) is 4.90 Å². The molecule has 0 atom stereocenters. The number of amidine groups is 1. The lowest BCUT2D eigenvalue weighted by Crippen LogP contribution is -2.29. The molecular weight excluding hydrogens is 488 g/mol. The lowest BCUT2D eigenvalue weighted by molar-refractivity contribution is -0.117. The summed E-state index contributed by atoms with van der Waals surface area (Å²) >= 11 is 7.77. The highest BCUT2D eigenvalue weighted by molar-refractivity contribution is 8.13. The number of aromatic hydroxyl groups is 1. The molecule has 0 saturated carbocycles. The third kappa shape index (κ3) is 7.48. The molecule has 0 aliphatic carbocycles. The van der Waals surface area contributed by atoms with E-state index in [1.807, 2.05) is 79.7 Å². The van der Waals surface area contributed by atoms with Gasteiger partial charge in [-0.15, -0.1) is 0 Å². The fourth-order valence-electron chi connectivity index (χ4n) is 3.64. The topological polar surface area (TPSA) is 52.9 Å². The standard InChI is InChI=1S/C30H27ClN2O2S/c1-22-11-17-27(18-12-22)36-30(32-29(35)19-25-9-5-6-10-28(25)31)33(20-23-7-3-2-4-8-23)21-24-13-15-26(34)16-14-24/h2-18,34H,19-21H2,1H3. The second kappa shape index (κ2) is 12.4. The number of halogens is 1. The molecule has 0 radical (unpaired) electrons. The number of rotatable bonds is 7. The van der Waals surface area contributed by atoms with Crippen LogP contribution in [-0.2, 0) is 24.3 Å². The van der Waals surface area contributed by atoms with Gasteiger partial charge in [0.15, 0.2) is 5.17 Å². The lowest BCUT2D eigenvalue weighted by atomic mass is 10.1. The van der Waals surface area contributed by atoms with E-state index in [1.165, 1.54) is 11.8 Å². The van der Waals surface area contributed by atoms with Gasteiger partial charge in [0.05, 0.1) is 6.42 Å². The number of thioether (sulfide) groups is 1. The zero-order valence-corrected chi connectivity index (χ0v) is 21.5. The van der Waals surface area contributed by atoms with Crippen LogP contribution < -0.4 is 0 Å². The van der Waals surface area contributed by atoms with E-state index in [4.69, 9.17) is 11.6 Å². The van der Waals surface area contributed by atoms with E-state index in [0.29, 0.717) is 23.3 Å². The summed E-state index contributed by atoms with van der Waals surface area (Å²) in [4.78, 5) is 20.8. The van der Waals surface area contributed by atoms with Crippen LogP contribution in [0.25, 0.3) is 0 Å². The molecular formula is C30H27ClN2O2S. The first-order valence-electron chi connectivity index (χ1n) is 11.6. The van der Waals surface area contributed by atoms with Gasteiger partial charge in [0.2, 0.25) is 0 Å². The molecule has 0 spiro atoms. The van der Waals surface area contributed by atoms with Crippen LogP contribution in [0.2, 0.25) is 5.02 Å². The van der Waals surface area contributed by atoms with Crippen LogP contribution in [0.4, 0.5) is 0 Å². The van der Waals surface area contributed by atoms with Crippen molar-refractivity contribution < 1.29 is 9.90 Å². The van der Waals surface area contributed by atoms with Crippen molar-refractivity contribution in [3.8, 4) is 5.75 Å². The number of carbonyl (C=O) groups is 1. The molecule has 0 bridgehead atoms. The first kappa shape index (κ1) is 25.5. The van der Waals surface area contributed by atoms with Crippen molar-refractivity contribution in [2.45, 2.75) is 31.3 Å². The fourth-order valence-corrected chi connectivity index (χ4v) is 4.73. The van der Waals surface area contributed by atoms with Crippen LogP contribution in [0.3, 0.4) is 0 Å². The van der Waals surface area contributed by atoms with Crippen LogP contribution in [0.15, 0.2) is 113 Å². The Bertz CT molecular complexity index is 1320. The maximum Gasteiger partial charge on any atom is 0.252 e. The van der Waals surface area contributed by atoms with Gasteiger partial charge in [0.1, 0.15) is 5.75 Å². The quantitative estimate of drug-likeness (QED) is 0.160. The molecule has 0 aromatic heterocycles. The molecule has 4 aromatic carbocycles. The predicted octanol–water partition coefficient (Wildman–Crippen LogP) is 7.27. The monoisotopic (exact) mass is 514 g/mol. The minimum absolute atomic E-state index is 0.121. The third-order valence-corrected chi connectivity index (χ3v) is 6.96. The number of phenols is 1. The molecule has 1 amide bonds. The average molecular weight is 515 g/mol. The van der Waals surface area contributed by atoms with Crippen molar-refractivity contribution >= 4 is 34.4 Å². The van der Waals surface area contributed by atoms with Crippen molar-refractivity contribution in [2.24, 2.45) is 4.99 Å². The Morgan fingerprint density at radius 1 is 0.833 bits per heavy atom. The maximum absolute atomic E-state index is 13.2. The molecule has 36 heavy (non-hydrogen) atoms. The Morgan fingerprint density at radius 3 is 2.11 bits per heavy atom. The SMILES string of the molecule is Cc1ccc(SC(=NC(=O)Cc2ccccc2Cl)N(Cc2ccccc2)Cc2ccc(O)cc2)cc1. The largest absolute Gasteiger partial charge is 0.508 e. The second-order valence-electron chi connectivity index (χ2n) is 8.48. The molecule has 0 heterocycles. The number of carbonyl (C=O) groups excluding carboxylic acids is 1. The Balaban J connectivity index is 1.69. The molecule has 0 saturated heterocycles. The molecule has 0 aliphatic heterocycles. The van der Waals surface area contributed by atoms with Crippen molar-refractivity contribution in [3.63, 3.8) is 0 Å². The first-order valence-corrected chi connectivity index (χ1v) is 12.8. The maximum atomic E-state index is 13.2. The summed E-state index contributed by atoms with van der Waals surface area (Å²) in [6.07, 6.45) is 0.121. The van der Waals surface area contributed by atoms with Gasteiger partial charge in [-0.2, -0.15) is 4.99 Å². The number of hydrogen-bond acceptors (Lipinski definition) is 3. The number of phenolic OH excluding ortho intramolecular Hbond substituents is 1. The third-order valence-electron chi connectivity index (χ3n) is 5.55. The molecule has 182 valence electrons. The van der Waals surface area contributed by atoms with Crippen molar-refractivity contribution in [3.05, 3.63) is 130 Å². The van der Waals surface area contributed by atoms with Gasteiger partial charge < -0.3 is 10.0 Å². The molecule has 0 unspecified atom stereocenters. The summed E-state index contributed by atoms with van der Waals surface area (Å²) in [5.41, 5.74) is 4.02. The minimum atomic E-state index is -0.263. The van der Waals surface area contributed by atoms with Crippen LogP contribution in [0.1, 0.15) is 22.3 Å². The number of amides is 1. The Morgan fingerprint density at radius 2 is 1.44 bits per heavy atom. The zero-order chi connectivity index (χ0) is 25.3. The summed E-state index contributed by atoms with van der Waals surface area (Å²) in [5, 5.41) is 10.9. The molecule has 0 fully saturated rings. The number of aryl methyl sites for hydroxylation is 1. The van der Waals surface area contributed by atoms with Gasteiger partial charge in [-0.05, 0) is 53.9 Å². The van der Waals surface area contributed by atoms with Crippen molar-refractivity contribution in [1.29, 1.82) is 0 Å². The molecule has 1 N–H and O–H groups in total. The van der Waals surface area contributed by atoms with E-state index in [9.17, 15) is 9.90 Å². The van der Waals surface area contributed by atoms with Crippen LogP contribution in [0, 0.1) is 6.92 Å². The summed E-state index contributed by atoms with van der Waals surface area (Å²) in [6.45, 7) is 3.13. The van der Waals surface area contributed by atoms with E-state index in [2.05, 4.69) is 22.0 Å². The second-order valence-corrected chi connectivity index (χ2v) is 9.93. The van der Waals surface area contributed by atoms with Crippen molar-refractivity contribution in [2.75, 3.05) is 0 Å². The summed E-state index contributed by atoms with van der Waals surface area (Å²) < 4.78 is 0. The first-order chi connectivity index (χ1) is 17.5. The smallest absolute Gasteiger partial charge is 0.252 e. The van der Waals surface area contributed by atoms with E-state index in [-0.39, 0.29) is 18.1 Å². The van der Waals surface area contributed by atoms with Gasteiger partial charge in [-0.1, -0.05) is 102 Å². The minimum Gasteiger partial charge on any atom is -0.508 e. The summed E-state index contributed by atoms with van der Waals surface area (Å²) in [6, 6.07) is 32.7. The highest BCUT2D eigenvalue weighted by Gasteiger charge is 2.18. The lowest BCUT2D eigenvalue weighted by Gasteiger charge is -2.26. The van der Waals surface area contributed by atoms with Gasteiger partial charge in [-0.25, -0.2) is 0 Å². The molecule has 6 heteroatoms. The van der Waals surface area contributed by atoms with Crippen LogP contribution in [0.5, 0.6) is 5.75 Å². The van der Waals surface area contributed by atoms with E-state index in [1.54, 1.807) is 18.2 Å². The van der Waals surface area contributed by atoms with E-state index < -0.39 is 0 Å². The van der Waals surface area contributed by atoms with Crippen LogP contribution in [-0.4, -0.2) is 21.1 Å². The van der Waals surface area contributed by atoms with E-state index >= 15 is 0 Å². The predicted molar refractivity (Wildman–Crippen MR) is 148 cm³/mol. The molecule has 0 aliphatic rings. The van der Waals surface area contributed by atoms with Gasteiger partial charge >= 0.3 is 0 Å².